The number of benzene rings is 1. The van der Waals surface area contributed by atoms with E-state index >= 15 is 0 Å². The van der Waals surface area contributed by atoms with Crippen molar-refractivity contribution in [1.29, 1.82) is 0 Å². The van der Waals surface area contributed by atoms with Gasteiger partial charge in [-0.25, -0.2) is 14.0 Å². The number of hydrogen-bond acceptors (Lipinski definition) is 3. The molecule has 0 fully saturated rings. The van der Waals surface area contributed by atoms with E-state index in [-0.39, 0.29) is 24.5 Å². The van der Waals surface area contributed by atoms with E-state index in [9.17, 15) is 19.1 Å². The molecule has 0 bridgehead atoms. The van der Waals surface area contributed by atoms with Gasteiger partial charge in [-0.05, 0) is 37.1 Å². The van der Waals surface area contributed by atoms with E-state index in [1.165, 1.54) is 18.3 Å². The minimum Gasteiger partial charge on any atom is -0.465 e. The third-order valence-corrected chi connectivity index (χ3v) is 3.77. The van der Waals surface area contributed by atoms with Gasteiger partial charge in [-0.15, -0.1) is 0 Å². The summed E-state index contributed by atoms with van der Waals surface area (Å²) in [4.78, 5) is 27.6. The normalized spacial score (nSPS) is 14.2. The number of aromatic amines is 1. The number of nitrogens with one attached hydrogen (secondary N) is 1. The Bertz CT molecular complexity index is 825. The molecule has 120 valence electrons. The molecule has 0 spiro atoms. The number of carbonyl (C=O) groups excluding carboxylic acids is 1. The van der Waals surface area contributed by atoms with Crippen LogP contribution in [0.4, 0.5) is 9.18 Å². The van der Waals surface area contributed by atoms with Crippen LogP contribution in [0.5, 0.6) is 0 Å². The monoisotopic (exact) mass is 318 g/mol. The summed E-state index contributed by atoms with van der Waals surface area (Å²) in [7, 11) is 0. The molecule has 0 atom stereocenters. The zero-order valence-corrected chi connectivity index (χ0v) is 12.4. The lowest BCUT2D eigenvalue weighted by atomic mass is 10.0. The van der Waals surface area contributed by atoms with Crippen molar-refractivity contribution in [3.8, 4) is 0 Å². The number of halogens is 1. The first-order chi connectivity index (χ1) is 11.0. The van der Waals surface area contributed by atoms with Crippen LogP contribution >= 0.6 is 0 Å². The molecule has 7 heteroatoms. The zero-order valence-electron chi connectivity index (χ0n) is 12.4. The number of ether oxygens (including phenoxy) is 1. The quantitative estimate of drug-likeness (QED) is 0.834. The molecular formula is C16H15FN2O4. The zero-order chi connectivity index (χ0) is 16.6. The Morgan fingerprint density at radius 3 is 2.91 bits per heavy atom. The smallest absolute Gasteiger partial charge is 0.411 e. The second kappa shape index (κ2) is 5.75. The summed E-state index contributed by atoms with van der Waals surface area (Å²) in [6.45, 7) is 2.05. The second-order valence-corrected chi connectivity index (χ2v) is 5.16. The van der Waals surface area contributed by atoms with Crippen LogP contribution in [0.15, 0.2) is 24.4 Å². The minimum absolute atomic E-state index is 0.123. The van der Waals surface area contributed by atoms with Crippen molar-refractivity contribution in [2.24, 2.45) is 0 Å². The van der Waals surface area contributed by atoms with Gasteiger partial charge in [-0.2, -0.15) is 0 Å². The fraction of sp³-hybridized carbons (Fsp3) is 0.250. The van der Waals surface area contributed by atoms with E-state index in [0.717, 1.165) is 15.8 Å². The number of H-pyrrole nitrogens is 1. The largest absolute Gasteiger partial charge is 0.465 e. The lowest BCUT2D eigenvalue weighted by molar-refractivity contribution is -0.136. The van der Waals surface area contributed by atoms with Crippen molar-refractivity contribution >= 4 is 28.5 Å². The molecule has 1 aromatic heterocycles. The van der Waals surface area contributed by atoms with Gasteiger partial charge in [-0.1, -0.05) is 0 Å². The lowest BCUT2D eigenvalue weighted by Crippen LogP contribution is -2.26. The molecule has 0 saturated heterocycles. The van der Waals surface area contributed by atoms with Crippen molar-refractivity contribution in [3.05, 3.63) is 41.5 Å². The summed E-state index contributed by atoms with van der Waals surface area (Å²) >= 11 is 0. The van der Waals surface area contributed by atoms with Gasteiger partial charge in [0.15, 0.2) is 0 Å². The molecule has 1 amide bonds. The van der Waals surface area contributed by atoms with Gasteiger partial charge in [-0.3, -0.25) is 4.90 Å². The Kier molecular flexibility index (Phi) is 3.77. The van der Waals surface area contributed by atoms with Crippen molar-refractivity contribution in [3.63, 3.8) is 0 Å². The van der Waals surface area contributed by atoms with Crippen molar-refractivity contribution in [1.82, 2.24) is 9.88 Å². The van der Waals surface area contributed by atoms with Gasteiger partial charge in [0, 0.05) is 23.6 Å². The van der Waals surface area contributed by atoms with E-state index in [1.54, 1.807) is 13.0 Å². The third kappa shape index (κ3) is 2.65. The summed E-state index contributed by atoms with van der Waals surface area (Å²) in [5.41, 5.74) is 1.95. The Hall–Kier alpha value is -2.83. The number of fused-ring (bicyclic) bond motifs is 3. The molecule has 2 N–H and O–H groups in total. The predicted molar refractivity (Wildman–Crippen MR) is 81.3 cm³/mol. The first-order valence-corrected chi connectivity index (χ1v) is 7.20. The fourth-order valence-corrected chi connectivity index (χ4v) is 2.75. The molecule has 6 nitrogen and oxygen atoms in total. The number of esters is 1. The van der Waals surface area contributed by atoms with Crippen LogP contribution in [0, 0.1) is 5.82 Å². The van der Waals surface area contributed by atoms with E-state index < -0.39 is 12.1 Å². The van der Waals surface area contributed by atoms with Gasteiger partial charge in [0.2, 0.25) is 0 Å². The summed E-state index contributed by atoms with van der Waals surface area (Å²) in [5.74, 6) is -1.00. The number of aromatic nitrogens is 1. The molecule has 0 aliphatic carbocycles. The second-order valence-electron chi connectivity index (χ2n) is 5.16. The minimum atomic E-state index is -1.15. The molecule has 1 aromatic carbocycles. The van der Waals surface area contributed by atoms with E-state index in [2.05, 4.69) is 4.98 Å². The van der Waals surface area contributed by atoms with Crippen LogP contribution in [0.1, 0.15) is 18.2 Å². The molecular weight excluding hydrogens is 303 g/mol. The van der Waals surface area contributed by atoms with Gasteiger partial charge in [0.1, 0.15) is 5.82 Å². The van der Waals surface area contributed by atoms with Gasteiger partial charge < -0.3 is 14.8 Å². The average molecular weight is 318 g/mol. The SMILES string of the molecule is CCOC(=O)C1=CN(C(=O)O)CCc2c1[nH]c1cc(F)ccc21. The Morgan fingerprint density at radius 1 is 1.43 bits per heavy atom. The van der Waals surface area contributed by atoms with Crippen LogP contribution in [-0.4, -0.2) is 40.2 Å². The molecule has 0 radical (unpaired) electrons. The third-order valence-electron chi connectivity index (χ3n) is 3.77. The highest BCUT2D eigenvalue weighted by Crippen LogP contribution is 2.31. The van der Waals surface area contributed by atoms with Crippen LogP contribution in [0.2, 0.25) is 0 Å². The van der Waals surface area contributed by atoms with E-state index in [4.69, 9.17) is 4.74 Å². The van der Waals surface area contributed by atoms with Crippen LogP contribution in [0.3, 0.4) is 0 Å². The molecule has 1 aliphatic rings. The number of carboxylic acid groups (broad SMARTS) is 1. The maximum atomic E-state index is 13.4. The molecule has 23 heavy (non-hydrogen) atoms. The van der Waals surface area contributed by atoms with Crippen LogP contribution in [0.25, 0.3) is 16.5 Å². The van der Waals surface area contributed by atoms with Crippen molar-refractivity contribution in [2.45, 2.75) is 13.3 Å². The maximum Gasteiger partial charge on any atom is 0.411 e. The Labute approximate surface area is 131 Å². The maximum absolute atomic E-state index is 13.4. The molecule has 3 rings (SSSR count). The van der Waals surface area contributed by atoms with Crippen molar-refractivity contribution in [2.75, 3.05) is 13.2 Å². The van der Waals surface area contributed by atoms with Gasteiger partial charge in [0.25, 0.3) is 0 Å². The number of amides is 1. The topological polar surface area (TPSA) is 82.6 Å². The van der Waals surface area contributed by atoms with E-state index in [0.29, 0.717) is 17.6 Å². The number of carbonyl (C=O) groups is 2. The molecule has 2 aromatic rings. The Balaban J connectivity index is 2.19. The van der Waals surface area contributed by atoms with Crippen LogP contribution < -0.4 is 0 Å². The average Bonchev–Trinajstić information content (AvgIpc) is 2.73. The number of hydrogen-bond donors (Lipinski definition) is 2. The molecule has 0 saturated carbocycles. The fourth-order valence-electron chi connectivity index (χ4n) is 2.75. The predicted octanol–water partition coefficient (Wildman–Crippen LogP) is 2.75. The van der Waals surface area contributed by atoms with Crippen LogP contribution in [-0.2, 0) is 16.0 Å². The highest BCUT2D eigenvalue weighted by molar-refractivity contribution is 6.18. The first-order valence-electron chi connectivity index (χ1n) is 7.20. The first kappa shape index (κ1) is 15.1. The van der Waals surface area contributed by atoms with Gasteiger partial charge in [0.05, 0.1) is 17.9 Å². The summed E-state index contributed by atoms with van der Waals surface area (Å²) in [5, 5.41) is 10.00. The number of nitrogens with zero attached hydrogens (tertiary/aromatic N) is 1. The molecule has 0 unspecified atom stereocenters. The summed E-state index contributed by atoms with van der Waals surface area (Å²) < 4.78 is 18.4. The van der Waals surface area contributed by atoms with E-state index in [1.807, 2.05) is 0 Å². The Morgan fingerprint density at radius 2 is 2.22 bits per heavy atom. The van der Waals surface area contributed by atoms with Gasteiger partial charge >= 0.3 is 12.1 Å². The highest BCUT2D eigenvalue weighted by atomic mass is 19.1. The highest BCUT2D eigenvalue weighted by Gasteiger charge is 2.27. The standard InChI is InChI=1S/C16H15FN2O4/c1-2-23-15(20)12-8-19(16(21)22)6-5-11-10-4-3-9(17)7-13(10)18-14(11)12/h3-4,7-8,18H,2,5-6H2,1H3,(H,21,22). The molecule has 1 aliphatic heterocycles. The molecule has 2 heterocycles. The summed E-state index contributed by atoms with van der Waals surface area (Å²) in [6.07, 6.45) is 0.525. The number of rotatable bonds is 2. The lowest BCUT2D eigenvalue weighted by Gasteiger charge is -2.12. The van der Waals surface area contributed by atoms with Crippen molar-refractivity contribution < 1.29 is 23.8 Å². The summed E-state index contributed by atoms with van der Waals surface area (Å²) in [6, 6.07) is 4.31.